The van der Waals surface area contributed by atoms with Crippen LogP contribution in [-0.2, 0) is 0 Å². The van der Waals surface area contributed by atoms with Crippen molar-refractivity contribution < 1.29 is 0 Å². The second kappa shape index (κ2) is 6.38. The first-order valence-electron chi connectivity index (χ1n) is 7.74. The van der Waals surface area contributed by atoms with Crippen LogP contribution in [0.15, 0.2) is 0 Å². The molecule has 0 atom stereocenters. The van der Waals surface area contributed by atoms with E-state index in [-0.39, 0.29) is 0 Å². The lowest BCUT2D eigenvalue weighted by Gasteiger charge is -2.47. The van der Waals surface area contributed by atoms with Crippen LogP contribution < -0.4 is 5.32 Å². The molecule has 1 fully saturated rings. The summed E-state index contributed by atoms with van der Waals surface area (Å²) >= 11 is 0. The molecule has 0 amide bonds. The molecular weight excluding hydrogens is 220 g/mol. The molecule has 0 spiro atoms. The van der Waals surface area contributed by atoms with Gasteiger partial charge in [0, 0.05) is 11.1 Å². The summed E-state index contributed by atoms with van der Waals surface area (Å²) in [6.45, 7) is 14.3. The summed E-state index contributed by atoms with van der Waals surface area (Å²) in [5, 5.41) is 3.46. The lowest BCUT2D eigenvalue weighted by Crippen LogP contribution is -2.53. The van der Waals surface area contributed by atoms with Gasteiger partial charge >= 0.3 is 0 Å². The number of rotatable bonds is 6. The topological polar surface area (TPSA) is 15.3 Å². The van der Waals surface area contributed by atoms with Crippen LogP contribution in [-0.4, -0.2) is 36.1 Å². The summed E-state index contributed by atoms with van der Waals surface area (Å²) < 4.78 is 0. The van der Waals surface area contributed by atoms with Crippen molar-refractivity contribution in [3.05, 3.63) is 0 Å². The summed E-state index contributed by atoms with van der Waals surface area (Å²) in [5.74, 6) is 0.948. The molecule has 0 radical (unpaired) electrons. The summed E-state index contributed by atoms with van der Waals surface area (Å²) in [6, 6.07) is 0. The van der Waals surface area contributed by atoms with Crippen molar-refractivity contribution in [3.8, 4) is 0 Å². The maximum absolute atomic E-state index is 3.46. The molecule has 0 saturated carbocycles. The Morgan fingerprint density at radius 3 is 2.11 bits per heavy atom. The quantitative estimate of drug-likeness (QED) is 0.778. The van der Waals surface area contributed by atoms with Crippen molar-refractivity contribution in [1.82, 2.24) is 10.2 Å². The third kappa shape index (κ3) is 4.24. The van der Waals surface area contributed by atoms with Crippen LogP contribution in [0.25, 0.3) is 0 Å². The number of hydrogen-bond donors (Lipinski definition) is 1. The van der Waals surface area contributed by atoms with Gasteiger partial charge in [0.25, 0.3) is 0 Å². The molecule has 1 rings (SSSR count). The first-order chi connectivity index (χ1) is 8.29. The average Bonchev–Trinajstić information content (AvgIpc) is 2.37. The number of piperidine rings is 1. The van der Waals surface area contributed by atoms with Crippen LogP contribution in [0.2, 0.25) is 0 Å². The number of hydrogen-bond acceptors (Lipinski definition) is 2. The Bertz CT molecular complexity index is 239. The van der Waals surface area contributed by atoms with Crippen LogP contribution in [0.3, 0.4) is 0 Å². The first-order valence-corrected chi connectivity index (χ1v) is 7.74. The van der Waals surface area contributed by atoms with E-state index < -0.39 is 0 Å². The number of nitrogens with zero attached hydrogens (tertiary/aromatic N) is 1. The maximum Gasteiger partial charge on any atom is 0.0155 e. The van der Waals surface area contributed by atoms with E-state index in [4.69, 9.17) is 0 Å². The van der Waals surface area contributed by atoms with E-state index in [0.717, 1.165) is 5.92 Å². The van der Waals surface area contributed by atoms with Crippen molar-refractivity contribution in [2.45, 2.75) is 77.8 Å². The Morgan fingerprint density at radius 1 is 1.06 bits per heavy atom. The van der Waals surface area contributed by atoms with Crippen molar-refractivity contribution in [2.24, 2.45) is 5.92 Å². The zero-order valence-corrected chi connectivity index (χ0v) is 13.5. The van der Waals surface area contributed by atoms with Gasteiger partial charge in [-0.25, -0.2) is 0 Å². The van der Waals surface area contributed by atoms with Gasteiger partial charge < -0.3 is 5.32 Å². The summed E-state index contributed by atoms with van der Waals surface area (Å²) in [4.78, 5) is 2.58. The fraction of sp³-hybridized carbons (Fsp3) is 1.00. The van der Waals surface area contributed by atoms with E-state index in [1.807, 2.05) is 0 Å². The fourth-order valence-electron chi connectivity index (χ4n) is 2.95. The van der Waals surface area contributed by atoms with E-state index in [1.54, 1.807) is 0 Å². The minimum atomic E-state index is 0.303. The molecule has 0 aromatic carbocycles. The maximum atomic E-state index is 3.46. The van der Waals surface area contributed by atoms with Gasteiger partial charge in [-0.15, -0.1) is 0 Å². The van der Waals surface area contributed by atoms with E-state index >= 15 is 0 Å². The average molecular weight is 254 g/mol. The summed E-state index contributed by atoms with van der Waals surface area (Å²) in [6.07, 6.45) is 6.66. The molecule has 0 aromatic rings. The molecule has 2 heteroatoms. The van der Waals surface area contributed by atoms with Gasteiger partial charge in [0.1, 0.15) is 0 Å². The smallest absolute Gasteiger partial charge is 0.0155 e. The molecule has 18 heavy (non-hydrogen) atoms. The number of nitrogens with one attached hydrogen (secondary N) is 1. The van der Waals surface area contributed by atoms with Crippen molar-refractivity contribution in [1.29, 1.82) is 0 Å². The van der Waals surface area contributed by atoms with E-state index in [2.05, 4.69) is 51.9 Å². The van der Waals surface area contributed by atoms with E-state index in [9.17, 15) is 0 Å². The molecule has 0 aromatic heterocycles. The molecule has 1 saturated heterocycles. The van der Waals surface area contributed by atoms with Crippen molar-refractivity contribution in [3.63, 3.8) is 0 Å². The molecule has 108 valence electrons. The van der Waals surface area contributed by atoms with E-state index in [0.29, 0.717) is 11.1 Å². The van der Waals surface area contributed by atoms with Gasteiger partial charge in [-0.05, 0) is 85.9 Å². The summed E-state index contributed by atoms with van der Waals surface area (Å²) in [7, 11) is 2.30. The van der Waals surface area contributed by atoms with Gasteiger partial charge in [0.2, 0.25) is 0 Å². The SMILES string of the molecule is CCC(C)(C)N(C)C(C)(C)CCC1CCNCC1. The highest BCUT2D eigenvalue weighted by Crippen LogP contribution is 2.31. The highest BCUT2D eigenvalue weighted by atomic mass is 15.2. The highest BCUT2D eigenvalue weighted by Gasteiger charge is 2.33. The van der Waals surface area contributed by atoms with E-state index in [1.165, 1.54) is 45.2 Å². The third-order valence-electron chi connectivity index (χ3n) is 5.30. The minimum absolute atomic E-state index is 0.303. The lowest BCUT2D eigenvalue weighted by molar-refractivity contribution is 0.0314. The minimum Gasteiger partial charge on any atom is -0.317 e. The largest absolute Gasteiger partial charge is 0.317 e. The van der Waals surface area contributed by atoms with Crippen LogP contribution in [0.1, 0.15) is 66.7 Å². The van der Waals surface area contributed by atoms with Gasteiger partial charge in [-0.2, -0.15) is 0 Å². The van der Waals surface area contributed by atoms with Gasteiger partial charge in [0.05, 0.1) is 0 Å². The molecule has 1 N–H and O–H groups in total. The van der Waals surface area contributed by atoms with Crippen molar-refractivity contribution >= 4 is 0 Å². The van der Waals surface area contributed by atoms with Crippen LogP contribution >= 0.6 is 0 Å². The Morgan fingerprint density at radius 2 is 1.61 bits per heavy atom. The molecule has 1 aliphatic rings. The Kier molecular flexibility index (Phi) is 5.67. The first kappa shape index (κ1) is 16.0. The fourth-order valence-corrected chi connectivity index (χ4v) is 2.95. The molecule has 2 nitrogen and oxygen atoms in total. The van der Waals surface area contributed by atoms with Crippen LogP contribution in [0, 0.1) is 5.92 Å². The predicted octanol–water partition coefficient (Wildman–Crippen LogP) is 3.67. The second-order valence-corrected chi connectivity index (χ2v) is 7.27. The summed E-state index contributed by atoms with van der Waals surface area (Å²) in [5.41, 5.74) is 0.613. The predicted molar refractivity (Wildman–Crippen MR) is 81.0 cm³/mol. The normalized spacial score (nSPS) is 19.5. The van der Waals surface area contributed by atoms with Crippen LogP contribution in [0.5, 0.6) is 0 Å². The molecule has 0 unspecified atom stereocenters. The van der Waals surface area contributed by atoms with Crippen LogP contribution in [0.4, 0.5) is 0 Å². The second-order valence-electron chi connectivity index (χ2n) is 7.27. The Balaban J connectivity index is 2.47. The zero-order chi connectivity index (χ0) is 13.8. The third-order valence-corrected chi connectivity index (χ3v) is 5.30. The Hall–Kier alpha value is -0.0800. The monoisotopic (exact) mass is 254 g/mol. The van der Waals surface area contributed by atoms with Crippen molar-refractivity contribution in [2.75, 3.05) is 20.1 Å². The standard InChI is InChI=1S/C16H34N2/c1-7-15(2,3)18(6)16(4,5)11-8-14-9-12-17-13-10-14/h14,17H,7-13H2,1-6H3. The highest BCUT2D eigenvalue weighted by molar-refractivity contribution is 4.90. The Labute approximate surface area is 115 Å². The molecule has 1 heterocycles. The van der Waals surface area contributed by atoms with Gasteiger partial charge in [0.15, 0.2) is 0 Å². The molecule has 0 aliphatic carbocycles. The zero-order valence-electron chi connectivity index (χ0n) is 13.5. The molecule has 0 bridgehead atoms. The molecule has 1 aliphatic heterocycles. The van der Waals surface area contributed by atoms with Gasteiger partial charge in [-0.1, -0.05) is 6.92 Å². The molecular formula is C16H34N2. The lowest BCUT2D eigenvalue weighted by atomic mass is 9.84. The van der Waals surface area contributed by atoms with Gasteiger partial charge in [-0.3, -0.25) is 4.90 Å².